The molecule has 6 heteroatoms. The normalized spacial score (nSPS) is 17.4. The maximum Gasteiger partial charge on any atom is 0.257 e. The molecule has 29 heavy (non-hydrogen) atoms. The summed E-state index contributed by atoms with van der Waals surface area (Å²) < 4.78 is 5.94. The molecule has 6 nitrogen and oxygen atoms in total. The molecule has 0 aliphatic carbocycles. The van der Waals surface area contributed by atoms with Crippen LogP contribution in [0.3, 0.4) is 0 Å². The van der Waals surface area contributed by atoms with E-state index in [4.69, 9.17) is 4.74 Å². The number of rotatable bonds is 5. The van der Waals surface area contributed by atoms with E-state index in [1.165, 1.54) is 0 Å². The fourth-order valence-electron chi connectivity index (χ4n) is 3.89. The summed E-state index contributed by atoms with van der Waals surface area (Å²) in [6, 6.07) is 16.8. The number of nitrogens with zero attached hydrogens (tertiary/aromatic N) is 3. The number of carbonyl (C=O) groups is 2. The molecule has 0 atom stereocenters. The van der Waals surface area contributed by atoms with E-state index in [9.17, 15) is 9.59 Å². The topological polar surface area (TPSA) is 53.1 Å². The van der Waals surface area contributed by atoms with Crippen molar-refractivity contribution in [2.45, 2.75) is 12.8 Å². The van der Waals surface area contributed by atoms with E-state index in [0.29, 0.717) is 49.8 Å². The predicted molar refractivity (Wildman–Crippen MR) is 111 cm³/mol. The van der Waals surface area contributed by atoms with Crippen LogP contribution in [-0.4, -0.2) is 72.3 Å². The zero-order valence-electron chi connectivity index (χ0n) is 16.6. The van der Waals surface area contributed by atoms with Crippen LogP contribution in [0, 0.1) is 0 Å². The van der Waals surface area contributed by atoms with Crippen molar-refractivity contribution < 1.29 is 14.3 Å². The number of para-hydroxylation sites is 2. The lowest BCUT2D eigenvalue weighted by molar-refractivity contribution is -0.131. The summed E-state index contributed by atoms with van der Waals surface area (Å²) in [7, 11) is 0. The Morgan fingerprint density at radius 1 is 0.759 bits per heavy atom. The quantitative estimate of drug-likeness (QED) is 0.784. The van der Waals surface area contributed by atoms with Crippen molar-refractivity contribution in [2.24, 2.45) is 0 Å². The Morgan fingerprint density at radius 3 is 2.14 bits per heavy atom. The van der Waals surface area contributed by atoms with E-state index in [2.05, 4.69) is 4.90 Å². The Labute approximate surface area is 171 Å². The molecule has 0 bridgehead atoms. The van der Waals surface area contributed by atoms with Gasteiger partial charge in [-0.15, -0.1) is 0 Å². The largest absolute Gasteiger partial charge is 0.457 e. The first kappa shape index (κ1) is 19.5. The van der Waals surface area contributed by atoms with E-state index in [0.717, 1.165) is 25.9 Å². The third-order valence-corrected chi connectivity index (χ3v) is 5.57. The highest BCUT2D eigenvalue weighted by atomic mass is 16.5. The second-order valence-electron chi connectivity index (χ2n) is 7.57. The zero-order chi connectivity index (χ0) is 20.1. The van der Waals surface area contributed by atoms with E-state index in [1.807, 2.05) is 64.4 Å². The van der Waals surface area contributed by atoms with Gasteiger partial charge in [0.1, 0.15) is 11.5 Å². The van der Waals surface area contributed by atoms with E-state index < -0.39 is 0 Å². The van der Waals surface area contributed by atoms with Crippen LogP contribution in [0.5, 0.6) is 11.5 Å². The number of ether oxygens (including phenoxy) is 1. The van der Waals surface area contributed by atoms with Crippen LogP contribution in [0.15, 0.2) is 54.6 Å². The Kier molecular flexibility index (Phi) is 6.10. The summed E-state index contributed by atoms with van der Waals surface area (Å²) in [6.45, 7) is 4.89. The lowest BCUT2D eigenvalue weighted by atomic mass is 10.1. The molecule has 2 heterocycles. The number of hydrogen-bond donors (Lipinski definition) is 0. The second kappa shape index (κ2) is 9.09. The molecule has 2 aliphatic rings. The number of hydrogen-bond acceptors (Lipinski definition) is 4. The third kappa shape index (κ3) is 4.77. The molecule has 2 aromatic rings. The summed E-state index contributed by atoms with van der Waals surface area (Å²) in [5.74, 6) is 1.46. The molecule has 0 aromatic heterocycles. The molecule has 0 radical (unpaired) electrons. The van der Waals surface area contributed by atoms with Gasteiger partial charge in [-0.2, -0.15) is 0 Å². The molecule has 2 saturated heterocycles. The summed E-state index contributed by atoms with van der Waals surface area (Å²) in [4.78, 5) is 31.4. The SMILES string of the molecule is O=C(CN1CCN(C(=O)c2ccccc2Oc2ccccc2)CC1)N1CCCC1. The first-order valence-corrected chi connectivity index (χ1v) is 10.3. The minimum absolute atomic E-state index is 0.0259. The Balaban J connectivity index is 1.35. The number of amides is 2. The Bertz CT molecular complexity index is 841. The van der Waals surface area contributed by atoms with Crippen molar-refractivity contribution in [1.29, 1.82) is 0 Å². The van der Waals surface area contributed by atoms with Crippen LogP contribution in [0.4, 0.5) is 0 Å². The van der Waals surface area contributed by atoms with Gasteiger partial charge in [0.05, 0.1) is 12.1 Å². The number of likely N-dealkylation sites (tertiary alicyclic amines) is 1. The van der Waals surface area contributed by atoms with Crippen LogP contribution in [-0.2, 0) is 4.79 Å². The molecule has 0 N–H and O–H groups in total. The molecule has 0 saturated carbocycles. The minimum Gasteiger partial charge on any atom is -0.457 e. The first-order chi connectivity index (χ1) is 14.2. The molecule has 2 amide bonds. The van der Waals surface area contributed by atoms with Crippen molar-refractivity contribution in [2.75, 3.05) is 45.8 Å². The van der Waals surface area contributed by atoms with Gasteiger partial charge in [-0.05, 0) is 37.1 Å². The maximum atomic E-state index is 13.1. The maximum absolute atomic E-state index is 13.1. The highest BCUT2D eigenvalue weighted by Crippen LogP contribution is 2.26. The van der Waals surface area contributed by atoms with E-state index in [-0.39, 0.29) is 11.8 Å². The van der Waals surface area contributed by atoms with Gasteiger partial charge in [-0.3, -0.25) is 14.5 Å². The van der Waals surface area contributed by atoms with Crippen molar-refractivity contribution in [3.05, 3.63) is 60.2 Å². The zero-order valence-corrected chi connectivity index (χ0v) is 16.6. The fraction of sp³-hybridized carbons (Fsp3) is 0.391. The number of carbonyl (C=O) groups excluding carboxylic acids is 2. The van der Waals surface area contributed by atoms with Gasteiger partial charge < -0.3 is 14.5 Å². The van der Waals surface area contributed by atoms with Gasteiger partial charge >= 0.3 is 0 Å². The van der Waals surface area contributed by atoms with Gasteiger partial charge in [0, 0.05) is 39.3 Å². The van der Waals surface area contributed by atoms with E-state index in [1.54, 1.807) is 0 Å². The molecule has 0 unspecified atom stereocenters. The van der Waals surface area contributed by atoms with Gasteiger partial charge in [0.15, 0.2) is 0 Å². The standard InChI is InChI=1S/C23H27N3O3/c27-22(25-12-6-7-13-25)18-24-14-16-26(17-15-24)23(28)20-10-4-5-11-21(20)29-19-8-2-1-3-9-19/h1-5,8-11H,6-7,12-18H2. The van der Waals surface area contributed by atoms with Crippen LogP contribution >= 0.6 is 0 Å². The molecule has 2 aromatic carbocycles. The van der Waals surface area contributed by atoms with Gasteiger partial charge in [0.25, 0.3) is 5.91 Å². The van der Waals surface area contributed by atoms with Gasteiger partial charge in [-0.25, -0.2) is 0 Å². The lowest BCUT2D eigenvalue weighted by Gasteiger charge is -2.35. The lowest BCUT2D eigenvalue weighted by Crippen LogP contribution is -2.51. The highest BCUT2D eigenvalue weighted by molar-refractivity contribution is 5.97. The second-order valence-corrected chi connectivity index (χ2v) is 7.57. The summed E-state index contributed by atoms with van der Waals surface area (Å²) >= 11 is 0. The molecule has 4 rings (SSSR count). The average molecular weight is 393 g/mol. The predicted octanol–water partition coefficient (Wildman–Crippen LogP) is 2.86. The third-order valence-electron chi connectivity index (χ3n) is 5.57. The molecular formula is C23H27N3O3. The fourth-order valence-corrected chi connectivity index (χ4v) is 3.89. The Morgan fingerprint density at radius 2 is 1.41 bits per heavy atom. The monoisotopic (exact) mass is 393 g/mol. The van der Waals surface area contributed by atoms with Crippen molar-refractivity contribution in [1.82, 2.24) is 14.7 Å². The molecule has 2 fully saturated rings. The molecule has 152 valence electrons. The van der Waals surface area contributed by atoms with Crippen molar-refractivity contribution in [3.63, 3.8) is 0 Å². The van der Waals surface area contributed by atoms with Crippen LogP contribution < -0.4 is 4.74 Å². The molecule has 2 aliphatic heterocycles. The highest BCUT2D eigenvalue weighted by Gasteiger charge is 2.27. The van der Waals surface area contributed by atoms with E-state index >= 15 is 0 Å². The average Bonchev–Trinajstić information content (AvgIpc) is 3.30. The minimum atomic E-state index is -0.0259. The van der Waals surface area contributed by atoms with Crippen molar-refractivity contribution in [3.8, 4) is 11.5 Å². The Hall–Kier alpha value is -2.86. The smallest absolute Gasteiger partial charge is 0.257 e. The van der Waals surface area contributed by atoms with Crippen LogP contribution in [0.1, 0.15) is 23.2 Å². The van der Waals surface area contributed by atoms with Crippen LogP contribution in [0.25, 0.3) is 0 Å². The molecular weight excluding hydrogens is 366 g/mol. The molecule has 0 spiro atoms. The summed E-state index contributed by atoms with van der Waals surface area (Å²) in [5, 5.41) is 0. The summed E-state index contributed by atoms with van der Waals surface area (Å²) in [5.41, 5.74) is 0.568. The first-order valence-electron chi connectivity index (χ1n) is 10.3. The number of piperazine rings is 1. The van der Waals surface area contributed by atoms with Crippen LogP contribution in [0.2, 0.25) is 0 Å². The number of benzene rings is 2. The van der Waals surface area contributed by atoms with Gasteiger partial charge in [-0.1, -0.05) is 30.3 Å². The van der Waals surface area contributed by atoms with Gasteiger partial charge in [0.2, 0.25) is 5.91 Å². The summed E-state index contributed by atoms with van der Waals surface area (Å²) in [6.07, 6.45) is 2.22. The van der Waals surface area contributed by atoms with Crippen molar-refractivity contribution >= 4 is 11.8 Å².